The minimum absolute atomic E-state index is 0.0608. The van der Waals surface area contributed by atoms with E-state index in [9.17, 15) is 9.18 Å². The van der Waals surface area contributed by atoms with Gasteiger partial charge in [-0.05, 0) is 24.1 Å². The fourth-order valence-electron chi connectivity index (χ4n) is 1.00. The molecule has 0 aromatic heterocycles. The highest BCUT2D eigenvalue weighted by Crippen LogP contribution is 2.16. The Morgan fingerprint density at radius 1 is 1.56 bits per heavy atom. The summed E-state index contributed by atoms with van der Waals surface area (Å²) in [7, 11) is 0. The average molecular weight is 246 g/mol. The highest BCUT2D eigenvalue weighted by Gasteiger charge is 2.11. The van der Waals surface area contributed by atoms with Gasteiger partial charge in [0.1, 0.15) is 5.82 Å². The molecule has 5 heteroatoms. The zero-order valence-corrected chi connectivity index (χ0v) is 9.84. The molecule has 0 unspecified atom stereocenters. The van der Waals surface area contributed by atoms with Crippen LogP contribution >= 0.6 is 11.6 Å². The Morgan fingerprint density at radius 3 is 2.81 bits per heavy atom. The van der Waals surface area contributed by atoms with E-state index in [0.29, 0.717) is 12.5 Å². The Labute approximate surface area is 98.5 Å². The van der Waals surface area contributed by atoms with Gasteiger partial charge in [0.2, 0.25) is 0 Å². The molecule has 1 aromatic carbocycles. The van der Waals surface area contributed by atoms with E-state index < -0.39 is 11.7 Å². The van der Waals surface area contributed by atoms with Crippen molar-refractivity contribution in [2.24, 2.45) is 5.92 Å². The minimum atomic E-state index is -0.482. The standard InChI is InChI=1S/C11H13ClFNO2/c1-7(2)6-16-14-11(15)9-4-3-8(13)5-10(9)12/h3-5,7H,6H2,1-2H3,(H,14,15). The van der Waals surface area contributed by atoms with Crippen LogP contribution in [0.25, 0.3) is 0 Å². The molecule has 88 valence electrons. The lowest BCUT2D eigenvalue weighted by molar-refractivity contribution is 0.0209. The second kappa shape index (κ2) is 5.82. The molecule has 0 aliphatic carbocycles. The van der Waals surface area contributed by atoms with Crippen LogP contribution in [0.5, 0.6) is 0 Å². The van der Waals surface area contributed by atoms with E-state index in [1.54, 1.807) is 0 Å². The van der Waals surface area contributed by atoms with Crippen molar-refractivity contribution in [3.63, 3.8) is 0 Å². The van der Waals surface area contributed by atoms with E-state index in [1.807, 2.05) is 13.8 Å². The van der Waals surface area contributed by atoms with Gasteiger partial charge in [-0.15, -0.1) is 0 Å². The summed E-state index contributed by atoms with van der Waals surface area (Å²) in [6.07, 6.45) is 0. The van der Waals surface area contributed by atoms with E-state index in [-0.39, 0.29) is 10.6 Å². The largest absolute Gasteiger partial charge is 0.276 e. The maximum Gasteiger partial charge on any atom is 0.276 e. The molecule has 16 heavy (non-hydrogen) atoms. The summed E-state index contributed by atoms with van der Waals surface area (Å²) in [5, 5.41) is 0.0608. The van der Waals surface area contributed by atoms with Crippen LogP contribution in [0.2, 0.25) is 5.02 Å². The first-order chi connectivity index (χ1) is 7.50. The Bertz CT molecular complexity index is 382. The van der Waals surface area contributed by atoms with Crippen LogP contribution in [0, 0.1) is 11.7 Å². The topological polar surface area (TPSA) is 38.3 Å². The predicted molar refractivity (Wildman–Crippen MR) is 59.7 cm³/mol. The van der Waals surface area contributed by atoms with Crippen LogP contribution in [-0.4, -0.2) is 12.5 Å². The van der Waals surface area contributed by atoms with Crippen LogP contribution in [0.4, 0.5) is 4.39 Å². The molecule has 3 nitrogen and oxygen atoms in total. The molecular weight excluding hydrogens is 233 g/mol. The highest BCUT2D eigenvalue weighted by molar-refractivity contribution is 6.33. The summed E-state index contributed by atoms with van der Waals surface area (Å²) in [4.78, 5) is 16.5. The van der Waals surface area contributed by atoms with Gasteiger partial charge in [-0.25, -0.2) is 9.87 Å². The smallest absolute Gasteiger partial charge is 0.273 e. The summed E-state index contributed by atoms with van der Waals surface area (Å²) in [5.41, 5.74) is 2.43. The molecule has 0 aliphatic rings. The number of amides is 1. The lowest BCUT2D eigenvalue weighted by Gasteiger charge is -2.08. The van der Waals surface area contributed by atoms with Gasteiger partial charge in [-0.1, -0.05) is 25.4 Å². The molecule has 1 amide bonds. The number of benzene rings is 1. The molecule has 0 aliphatic heterocycles. The predicted octanol–water partition coefficient (Wildman–Crippen LogP) is 2.80. The number of nitrogens with one attached hydrogen (secondary N) is 1. The first-order valence-electron chi connectivity index (χ1n) is 4.88. The first-order valence-corrected chi connectivity index (χ1v) is 5.25. The number of hydrogen-bond acceptors (Lipinski definition) is 2. The van der Waals surface area contributed by atoms with Crippen molar-refractivity contribution in [1.82, 2.24) is 5.48 Å². The number of carbonyl (C=O) groups is 1. The summed E-state index contributed by atoms with van der Waals surface area (Å²) in [5.74, 6) is -0.653. The Balaban J connectivity index is 2.59. The molecule has 1 aromatic rings. The SMILES string of the molecule is CC(C)CONC(=O)c1ccc(F)cc1Cl. The fraction of sp³-hybridized carbons (Fsp3) is 0.364. The van der Waals surface area contributed by atoms with Gasteiger partial charge in [-0.3, -0.25) is 9.63 Å². The monoisotopic (exact) mass is 245 g/mol. The number of halogens is 2. The molecular formula is C11H13ClFNO2. The van der Waals surface area contributed by atoms with Crippen molar-refractivity contribution in [1.29, 1.82) is 0 Å². The summed E-state index contributed by atoms with van der Waals surface area (Å²) >= 11 is 5.71. The van der Waals surface area contributed by atoms with Crippen LogP contribution in [0.3, 0.4) is 0 Å². The third-order valence-electron chi connectivity index (χ3n) is 1.76. The Morgan fingerprint density at radius 2 is 2.25 bits per heavy atom. The number of carbonyl (C=O) groups excluding carboxylic acids is 1. The maximum atomic E-state index is 12.7. The van der Waals surface area contributed by atoms with Crippen molar-refractivity contribution in [3.8, 4) is 0 Å². The lowest BCUT2D eigenvalue weighted by atomic mass is 10.2. The van der Waals surface area contributed by atoms with E-state index in [2.05, 4.69) is 5.48 Å². The molecule has 1 rings (SSSR count). The zero-order chi connectivity index (χ0) is 12.1. The molecule has 0 heterocycles. The van der Waals surface area contributed by atoms with Gasteiger partial charge in [0.25, 0.3) is 5.91 Å². The third kappa shape index (κ3) is 3.79. The average Bonchev–Trinajstić information content (AvgIpc) is 2.16. The van der Waals surface area contributed by atoms with Crippen LogP contribution in [0.1, 0.15) is 24.2 Å². The molecule has 1 N–H and O–H groups in total. The van der Waals surface area contributed by atoms with Gasteiger partial charge in [0.05, 0.1) is 17.2 Å². The van der Waals surface area contributed by atoms with Crippen molar-refractivity contribution < 1.29 is 14.0 Å². The summed E-state index contributed by atoms with van der Waals surface area (Å²) in [6, 6.07) is 3.56. The van der Waals surface area contributed by atoms with Crippen LogP contribution in [-0.2, 0) is 4.84 Å². The number of hydrogen-bond donors (Lipinski definition) is 1. The van der Waals surface area contributed by atoms with E-state index >= 15 is 0 Å². The van der Waals surface area contributed by atoms with Crippen molar-refractivity contribution in [2.45, 2.75) is 13.8 Å². The lowest BCUT2D eigenvalue weighted by Crippen LogP contribution is -2.25. The quantitative estimate of drug-likeness (QED) is 0.829. The van der Waals surface area contributed by atoms with Crippen molar-refractivity contribution >= 4 is 17.5 Å². The van der Waals surface area contributed by atoms with Gasteiger partial charge in [-0.2, -0.15) is 0 Å². The van der Waals surface area contributed by atoms with Crippen molar-refractivity contribution in [2.75, 3.05) is 6.61 Å². The fourth-order valence-corrected chi connectivity index (χ4v) is 1.26. The van der Waals surface area contributed by atoms with Crippen LogP contribution < -0.4 is 5.48 Å². The molecule has 0 saturated carbocycles. The van der Waals surface area contributed by atoms with E-state index in [0.717, 1.165) is 6.07 Å². The zero-order valence-electron chi connectivity index (χ0n) is 9.09. The summed E-state index contributed by atoms with van der Waals surface area (Å²) < 4.78 is 12.7. The molecule has 0 bridgehead atoms. The first kappa shape index (κ1) is 12.9. The van der Waals surface area contributed by atoms with Gasteiger partial charge in [0.15, 0.2) is 0 Å². The normalized spacial score (nSPS) is 10.6. The molecule has 0 atom stereocenters. The van der Waals surface area contributed by atoms with Gasteiger partial charge in [0, 0.05) is 0 Å². The summed E-state index contributed by atoms with van der Waals surface area (Å²) in [6.45, 7) is 4.32. The highest BCUT2D eigenvalue weighted by atomic mass is 35.5. The molecule has 0 saturated heterocycles. The minimum Gasteiger partial charge on any atom is -0.273 e. The second-order valence-corrected chi connectivity index (χ2v) is 4.17. The van der Waals surface area contributed by atoms with Crippen LogP contribution in [0.15, 0.2) is 18.2 Å². The maximum absolute atomic E-state index is 12.7. The third-order valence-corrected chi connectivity index (χ3v) is 2.07. The second-order valence-electron chi connectivity index (χ2n) is 3.76. The number of rotatable bonds is 4. The number of hydroxylamine groups is 1. The van der Waals surface area contributed by atoms with E-state index in [4.69, 9.17) is 16.4 Å². The Hall–Kier alpha value is -1.13. The van der Waals surface area contributed by atoms with Crippen molar-refractivity contribution in [3.05, 3.63) is 34.6 Å². The van der Waals surface area contributed by atoms with Gasteiger partial charge >= 0.3 is 0 Å². The molecule has 0 fully saturated rings. The molecule has 0 radical (unpaired) electrons. The van der Waals surface area contributed by atoms with Gasteiger partial charge < -0.3 is 0 Å². The van der Waals surface area contributed by atoms with E-state index in [1.165, 1.54) is 12.1 Å². The molecule has 0 spiro atoms. The Kier molecular flexibility index (Phi) is 4.71.